The molecule has 4 nitrogen and oxygen atoms in total. The van der Waals surface area contributed by atoms with Crippen LogP contribution in [0.15, 0.2) is 23.0 Å². The van der Waals surface area contributed by atoms with Gasteiger partial charge in [-0.05, 0) is 30.0 Å². The Balaban J connectivity index is 2.83. The highest BCUT2D eigenvalue weighted by Gasteiger charge is 2.33. The second-order valence-corrected chi connectivity index (χ2v) is 4.02. The molecule has 19 heavy (non-hydrogen) atoms. The van der Waals surface area contributed by atoms with E-state index in [2.05, 4.69) is 4.98 Å². The highest BCUT2D eigenvalue weighted by Crippen LogP contribution is 2.34. The SMILES string of the molecule is Cc1c(C(F)(F)F)ccc2cc(C(=O)O)c(=O)[nH]c12. The number of aryl methyl sites for hydroxylation is 1. The maximum atomic E-state index is 12.7. The maximum absolute atomic E-state index is 12.7. The zero-order valence-corrected chi connectivity index (χ0v) is 9.63. The predicted molar refractivity (Wildman–Crippen MR) is 61.3 cm³/mol. The molecule has 0 fully saturated rings. The van der Waals surface area contributed by atoms with Crippen molar-refractivity contribution in [1.29, 1.82) is 0 Å². The predicted octanol–water partition coefficient (Wildman–Crippen LogP) is 2.55. The number of fused-ring (bicyclic) bond motifs is 1. The van der Waals surface area contributed by atoms with Gasteiger partial charge in [0.25, 0.3) is 5.56 Å². The summed E-state index contributed by atoms with van der Waals surface area (Å²) in [6.07, 6.45) is -4.53. The van der Waals surface area contributed by atoms with E-state index in [1.54, 1.807) is 0 Å². The number of pyridine rings is 1. The van der Waals surface area contributed by atoms with Gasteiger partial charge in [-0.3, -0.25) is 4.79 Å². The number of rotatable bonds is 1. The molecule has 0 atom stereocenters. The number of hydrogen-bond acceptors (Lipinski definition) is 2. The van der Waals surface area contributed by atoms with E-state index in [9.17, 15) is 22.8 Å². The number of aromatic nitrogens is 1. The molecule has 2 rings (SSSR count). The second kappa shape index (κ2) is 4.11. The van der Waals surface area contributed by atoms with E-state index in [0.29, 0.717) is 0 Å². The van der Waals surface area contributed by atoms with Crippen LogP contribution in [0.1, 0.15) is 21.5 Å². The summed E-state index contributed by atoms with van der Waals surface area (Å²) in [5.74, 6) is -1.43. The minimum Gasteiger partial charge on any atom is -0.477 e. The summed E-state index contributed by atoms with van der Waals surface area (Å²) < 4.78 is 38.1. The van der Waals surface area contributed by atoms with Crippen molar-refractivity contribution in [1.82, 2.24) is 4.98 Å². The Hall–Kier alpha value is -2.31. The lowest BCUT2D eigenvalue weighted by molar-refractivity contribution is -0.137. The number of hydrogen-bond donors (Lipinski definition) is 2. The van der Waals surface area contributed by atoms with Crippen molar-refractivity contribution >= 4 is 16.9 Å². The van der Waals surface area contributed by atoms with Crippen LogP contribution in [0.2, 0.25) is 0 Å². The second-order valence-electron chi connectivity index (χ2n) is 4.02. The Kier molecular flexibility index (Phi) is 2.84. The zero-order valence-electron chi connectivity index (χ0n) is 9.63. The van der Waals surface area contributed by atoms with Crippen LogP contribution in [0.5, 0.6) is 0 Å². The van der Waals surface area contributed by atoms with Crippen LogP contribution >= 0.6 is 0 Å². The highest BCUT2D eigenvalue weighted by atomic mass is 19.4. The minimum atomic E-state index is -4.53. The van der Waals surface area contributed by atoms with Gasteiger partial charge in [-0.15, -0.1) is 0 Å². The first kappa shape index (κ1) is 13.1. The number of H-pyrrole nitrogens is 1. The van der Waals surface area contributed by atoms with E-state index in [-0.39, 0.29) is 16.5 Å². The molecule has 1 heterocycles. The average Bonchev–Trinajstić information content (AvgIpc) is 2.27. The fourth-order valence-electron chi connectivity index (χ4n) is 1.89. The van der Waals surface area contributed by atoms with E-state index in [4.69, 9.17) is 5.11 Å². The van der Waals surface area contributed by atoms with Crippen LogP contribution in [-0.2, 0) is 6.18 Å². The van der Waals surface area contributed by atoms with Crippen LogP contribution in [0.4, 0.5) is 13.2 Å². The smallest absolute Gasteiger partial charge is 0.416 e. The van der Waals surface area contributed by atoms with Crippen LogP contribution in [0.3, 0.4) is 0 Å². The first-order chi connectivity index (χ1) is 8.71. The summed E-state index contributed by atoms with van der Waals surface area (Å²) in [5, 5.41) is 9.02. The van der Waals surface area contributed by atoms with Gasteiger partial charge in [-0.25, -0.2) is 4.79 Å². The molecule has 0 aliphatic rings. The van der Waals surface area contributed by atoms with Crippen molar-refractivity contribution in [3.8, 4) is 0 Å². The number of aromatic carboxylic acids is 1. The molecule has 0 bridgehead atoms. The molecule has 0 saturated heterocycles. The average molecular weight is 271 g/mol. The molecule has 0 radical (unpaired) electrons. The molecule has 1 aromatic heterocycles. The van der Waals surface area contributed by atoms with Crippen LogP contribution in [-0.4, -0.2) is 16.1 Å². The van der Waals surface area contributed by atoms with E-state index < -0.39 is 28.8 Å². The highest BCUT2D eigenvalue weighted by molar-refractivity contribution is 5.93. The molecule has 2 N–H and O–H groups in total. The minimum absolute atomic E-state index is 0.00942. The number of benzene rings is 1. The van der Waals surface area contributed by atoms with Gasteiger partial charge in [0.05, 0.1) is 11.1 Å². The fourth-order valence-corrected chi connectivity index (χ4v) is 1.89. The molecule has 100 valence electrons. The van der Waals surface area contributed by atoms with Gasteiger partial charge >= 0.3 is 12.1 Å². The van der Waals surface area contributed by atoms with Crippen molar-refractivity contribution in [2.24, 2.45) is 0 Å². The summed E-state index contributed by atoms with van der Waals surface area (Å²) >= 11 is 0. The molecule has 0 spiro atoms. The van der Waals surface area contributed by atoms with Crippen LogP contribution < -0.4 is 5.56 Å². The summed E-state index contributed by atoms with van der Waals surface area (Å²) in [6, 6.07) is 3.05. The summed E-state index contributed by atoms with van der Waals surface area (Å²) in [6.45, 7) is 1.22. The number of carbonyl (C=O) groups is 1. The van der Waals surface area contributed by atoms with Crippen molar-refractivity contribution < 1.29 is 23.1 Å². The van der Waals surface area contributed by atoms with Gasteiger partial charge in [0.15, 0.2) is 0 Å². The number of carboxylic acid groups (broad SMARTS) is 1. The van der Waals surface area contributed by atoms with E-state index >= 15 is 0 Å². The lowest BCUT2D eigenvalue weighted by atomic mass is 10.0. The molecular formula is C12H8F3NO3. The third-order valence-corrected chi connectivity index (χ3v) is 2.82. The van der Waals surface area contributed by atoms with Gasteiger partial charge in [0.2, 0.25) is 0 Å². The summed E-state index contributed by atoms with van der Waals surface area (Å²) in [4.78, 5) is 24.4. The number of nitrogens with one attached hydrogen (secondary N) is 1. The normalized spacial score (nSPS) is 11.8. The van der Waals surface area contributed by atoms with Crippen LogP contribution in [0, 0.1) is 6.92 Å². The molecule has 1 aromatic carbocycles. The number of carboxylic acids is 1. The fraction of sp³-hybridized carbons (Fsp3) is 0.167. The monoisotopic (exact) mass is 271 g/mol. The number of alkyl halides is 3. The summed E-state index contributed by atoms with van der Waals surface area (Å²) in [7, 11) is 0. The maximum Gasteiger partial charge on any atom is 0.416 e. The van der Waals surface area contributed by atoms with Gasteiger partial charge < -0.3 is 10.1 Å². The largest absolute Gasteiger partial charge is 0.477 e. The Bertz CT molecular complexity index is 731. The van der Waals surface area contributed by atoms with E-state index in [0.717, 1.165) is 18.2 Å². The van der Waals surface area contributed by atoms with Crippen LogP contribution in [0.25, 0.3) is 10.9 Å². The number of aromatic amines is 1. The standard InChI is InChI=1S/C12H8F3NO3/c1-5-8(12(13,14)15)3-2-6-4-7(11(18)19)10(17)16-9(5)6/h2-4H,1H3,(H,16,17)(H,18,19). The van der Waals surface area contributed by atoms with Crippen molar-refractivity contribution in [3.63, 3.8) is 0 Å². The molecule has 0 amide bonds. The Morgan fingerprint density at radius 2 is 1.95 bits per heavy atom. The molecule has 7 heteroatoms. The van der Waals surface area contributed by atoms with Crippen molar-refractivity contribution in [3.05, 3.63) is 45.2 Å². The van der Waals surface area contributed by atoms with E-state index in [1.165, 1.54) is 6.92 Å². The molecule has 0 aliphatic carbocycles. The van der Waals surface area contributed by atoms with Gasteiger partial charge in [-0.2, -0.15) is 13.2 Å². The molecule has 0 unspecified atom stereocenters. The molecule has 0 saturated carbocycles. The third kappa shape index (κ3) is 2.18. The lowest BCUT2D eigenvalue weighted by Gasteiger charge is -2.12. The first-order valence-corrected chi connectivity index (χ1v) is 5.19. The lowest BCUT2D eigenvalue weighted by Crippen LogP contribution is -2.18. The molecular weight excluding hydrogens is 263 g/mol. The van der Waals surface area contributed by atoms with E-state index in [1.807, 2.05) is 0 Å². The Labute approximate surface area is 104 Å². The van der Waals surface area contributed by atoms with Crippen molar-refractivity contribution in [2.75, 3.05) is 0 Å². The molecule has 2 aromatic rings. The topological polar surface area (TPSA) is 70.2 Å². The van der Waals surface area contributed by atoms with Gasteiger partial charge in [-0.1, -0.05) is 6.07 Å². The summed E-state index contributed by atoms with van der Waals surface area (Å²) in [5.41, 5.74) is -2.45. The quantitative estimate of drug-likeness (QED) is 0.837. The molecule has 0 aliphatic heterocycles. The Morgan fingerprint density at radius 1 is 1.32 bits per heavy atom. The third-order valence-electron chi connectivity index (χ3n) is 2.82. The van der Waals surface area contributed by atoms with Crippen molar-refractivity contribution in [2.45, 2.75) is 13.1 Å². The number of halogens is 3. The van der Waals surface area contributed by atoms with Gasteiger partial charge in [0, 0.05) is 0 Å². The zero-order chi connectivity index (χ0) is 14.4. The first-order valence-electron chi connectivity index (χ1n) is 5.19. The Morgan fingerprint density at radius 3 is 2.47 bits per heavy atom. The van der Waals surface area contributed by atoms with Gasteiger partial charge in [0.1, 0.15) is 5.56 Å².